The normalized spacial score (nSPS) is 28.8. The first kappa shape index (κ1) is 18.7. The average Bonchev–Trinajstić information content (AvgIpc) is 2.47. The Balaban J connectivity index is 0.00000220. The maximum absolute atomic E-state index is 13.0. The molecule has 0 spiro atoms. The van der Waals surface area contributed by atoms with Gasteiger partial charge in [0.2, 0.25) is 5.91 Å². The number of hydrogen-bond acceptors (Lipinski definition) is 4. The monoisotopic (exact) mass is 320 g/mol. The molecule has 5 nitrogen and oxygen atoms in total. The first-order valence-electron chi connectivity index (χ1n) is 7.76. The Morgan fingerprint density at radius 1 is 1.38 bits per heavy atom. The van der Waals surface area contributed by atoms with Crippen molar-refractivity contribution in [1.82, 2.24) is 10.2 Å². The fourth-order valence-corrected chi connectivity index (χ4v) is 3.37. The molecule has 0 saturated carbocycles. The van der Waals surface area contributed by atoms with Crippen LogP contribution in [0.2, 0.25) is 0 Å². The summed E-state index contributed by atoms with van der Waals surface area (Å²) in [5.41, 5.74) is -0.338. The van der Waals surface area contributed by atoms with Gasteiger partial charge in [-0.25, -0.2) is 0 Å². The number of piperidine rings is 1. The highest BCUT2D eigenvalue weighted by atomic mass is 35.5. The van der Waals surface area contributed by atoms with Crippen molar-refractivity contribution >= 4 is 18.3 Å². The minimum absolute atomic E-state index is 0. The molecular weight excluding hydrogens is 292 g/mol. The number of morpholine rings is 1. The summed E-state index contributed by atoms with van der Waals surface area (Å²) in [5.74, 6) is 0.259. The molecule has 2 aliphatic rings. The second-order valence-electron chi connectivity index (χ2n) is 6.15. The maximum atomic E-state index is 13.0. The van der Waals surface area contributed by atoms with Gasteiger partial charge in [-0.15, -0.1) is 12.4 Å². The minimum Gasteiger partial charge on any atom is -0.384 e. The Hall–Kier alpha value is -0.360. The van der Waals surface area contributed by atoms with E-state index in [0.29, 0.717) is 13.2 Å². The SMILES string of the molecule is CCC1CN(C(=O)C2(COC)CCNCC2)CC(C)O1.Cl. The summed E-state index contributed by atoms with van der Waals surface area (Å²) in [6.45, 7) is 7.90. The Labute approximate surface area is 134 Å². The molecule has 2 atom stereocenters. The van der Waals surface area contributed by atoms with Crippen molar-refractivity contribution < 1.29 is 14.3 Å². The standard InChI is InChI=1S/C15H28N2O3.ClH/c1-4-13-10-17(9-12(2)20-13)14(18)15(11-19-3)5-7-16-8-6-15;/h12-13,16H,4-11H2,1-3H3;1H. The van der Waals surface area contributed by atoms with Gasteiger partial charge < -0.3 is 19.7 Å². The zero-order valence-electron chi connectivity index (χ0n) is 13.4. The third-order valence-electron chi connectivity index (χ3n) is 4.50. The molecular formula is C15H29ClN2O3. The van der Waals surface area contributed by atoms with Gasteiger partial charge in [-0.1, -0.05) is 6.92 Å². The van der Waals surface area contributed by atoms with E-state index in [1.165, 1.54) is 0 Å². The molecule has 2 rings (SSSR count). The molecule has 124 valence electrons. The number of nitrogens with one attached hydrogen (secondary N) is 1. The van der Waals surface area contributed by atoms with Crippen LogP contribution in [0.15, 0.2) is 0 Å². The molecule has 2 saturated heterocycles. The molecule has 2 aliphatic heterocycles. The highest BCUT2D eigenvalue weighted by Gasteiger charge is 2.43. The van der Waals surface area contributed by atoms with Crippen LogP contribution in [0.1, 0.15) is 33.1 Å². The van der Waals surface area contributed by atoms with Crippen molar-refractivity contribution in [3.05, 3.63) is 0 Å². The van der Waals surface area contributed by atoms with E-state index in [0.717, 1.165) is 38.9 Å². The second kappa shape index (κ2) is 8.32. The number of amides is 1. The van der Waals surface area contributed by atoms with Crippen LogP contribution < -0.4 is 5.32 Å². The molecule has 2 fully saturated rings. The summed E-state index contributed by atoms with van der Waals surface area (Å²) in [7, 11) is 1.69. The van der Waals surface area contributed by atoms with Gasteiger partial charge in [0.25, 0.3) is 0 Å². The molecule has 6 heteroatoms. The first-order chi connectivity index (χ1) is 9.61. The smallest absolute Gasteiger partial charge is 0.231 e. The molecule has 0 bridgehead atoms. The summed E-state index contributed by atoms with van der Waals surface area (Å²) in [6, 6.07) is 0. The van der Waals surface area contributed by atoms with E-state index in [1.54, 1.807) is 7.11 Å². The van der Waals surface area contributed by atoms with Crippen molar-refractivity contribution in [3.8, 4) is 0 Å². The van der Waals surface area contributed by atoms with Gasteiger partial charge in [-0.2, -0.15) is 0 Å². The zero-order valence-corrected chi connectivity index (χ0v) is 14.2. The zero-order chi connectivity index (χ0) is 14.6. The van der Waals surface area contributed by atoms with E-state index >= 15 is 0 Å². The van der Waals surface area contributed by atoms with Crippen LogP contribution >= 0.6 is 12.4 Å². The summed E-state index contributed by atoms with van der Waals surface area (Å²) < 4.78 is 11.2. The molecule has 1 N–H and O–H groups in total. The van der Waals surface area contributed by atoms with E-state index in [2.05, 4.69) is 12.2 Å². The van der Waals surface area contributed by atoms with Gasteiger partial charge in [0.1, 0.15) is 0 Å². The van der Waals surface area contributed by atoms with E-state index in [4.69, 9.17) is 9.47 Å². The van der Waals surface area contributed by atoms with E-state index in [1.807, 2.05) is 11.8 Å². The number of halogens is 1. The third kappa shape index (κ3) is 4.31. The average molecular weight is 321 g/mol. The summed E-state index contributed by atoms with van der Waals surface area (Å²) in [5, 5.41) is 3.33. The maximum Gasteiger partial charge on any atom is 0.231 e. The Morgan fingerprint density at radius 3 is 2.62 bits per heavy atom. The molecule has 0 aromatic heterocycles. The van der Waals surface area contributed by atoms with Crippen molar-refractivity contribution in [2.75, 3.05) is 39.9 Å². The quantitative estimate of drug-likeness (QED) is 0.852. The van der Waals surface area contributed by atoms with Crippen LogP contribution in [0, 0.1) is 5.41 Å². The summed E-state index contributed by atoms with van der Waals surface area (Å²) in [6.07, 6.45) is 2.97. The lowest BCUT2D eigenvalue weighted by Gasteiger charge is -2.43. The van der Waals surface area contributed by atoms with Crippen LogP contribution in [0.3, 0.4) is 0 Å². The number of hydrogen-bond donors (Lipinski definition) is 1. The lowest BCUT2D eigenvalue weighted by molar-refractivity contribution is -0.160. The second-order valence-corrected chi connectivity index (χ2v) is 6.15. The Morgan fingerprint density at radius 2 is 2.05 bits per heavy atom. The summed E-state index contributed by atoms with van der Waals surface area (Å²) >= 11 is 0. The molecule has 21 heavy (non-hydrogen) atoms. The number of methoxy groups -OCH3 is 1. The number of carbonyl (C=O) groups excluding carboxylic acids is 1. The predicted molar refractivity (Wildman–Crippen MR) is 84.9 cm³/mol. The largest absolute Gasteiger partial charge is 0.384 e. The van der Waals surface area contributed by atoms with Crippen LogP contribution in [-0.4, -0.2) is 62.9 Å². The van der Waals surface area contributed by atoms with Crippen molar-refractivity contribution in [1.29, 1.82) is 0 Å². The molecule has 2 heterocycles. The highest BCUT2D eigenvalue weighted by Crippen LogP contribution is 2.32. The van der Waals surface area contributed by atoms with Crippen molar-refractivity contribution in [2.24, 2.45) is 5.41 Å². The Kier molecular flexibility index (Phi) is 7.40. The van der Waals surface area contributed by atoms with E-state index in [-0.39, 0.29) is 35.9 Å². The topological polar surface area (TPSA) is 50.8 Å². The fourth-order valence-electron chi connectivity index (χ4n) is 3.37. The van der Waals surface area contributed by atoms with Gasteiger partial charge in [0, 0.05) is 20.2 Å². The number of carbonyl (C=O) groups is 1. The molecule has 2 unspecified atom stereocenters. The van der Waals surface area contributed by atoms with Gasteiger partial charge in [-0.3, -0.25) is 4.79 Å². The number of ether oxygens (including phenoxy) is 2. The Bertz CT molecular complexity index is 329. The lowest BCUT2D eigenvalue weighted by atomic mass is 9.78. The lowest BCUT2D eigenvalue weighted by Crippen LogP contribution is -2.57. The molecule has 0 aromatic rings. The molecule has 0 radical (unpaired) electrons. The van der Waals surface area contributed by atoms with Gasteiger partial charge in [0.15, 0.2) is 0 Å². The van der Waals surface area contributed by atoms with Crippen LogP contribution in [0.25, 0.3) is 0 Å². The van der Waals surface area contributed by atoms with Gasteiger partial charge in [0.05, 0.1) is 24.2 Å². The highest BCUT2D eigenvalue weighted by molar-refractivity contribution is 5.85. The number of rotatable bonds is 4. The third-order valence-corrected chi connectivity index (χ3v) is 4.50. The number of nitrogens with zero attached hydrogens (tertiary/aromatic N) is 1. The van der Waals surface area contributed by atoms with E-state index < -0.39 is 0 Å². The minimum atomic E-state index is -0.338. The van der Waals surface area contributed by atoms with Crippen LogP contribution in [0.5, 0.6) is 0 Å². The summed E-state index contributed by atoms with van der Waals surface area (Å²) in [4.78, 5) is 15.0. The molecule has 1 amide bonds. The molecule has 0 aliphatic carbocycles. The first-order valence-corrected chi connectivity index (χ1v) is 7.76. The van der Waals surface area contributed by atoms with Gasteiger partial charge in [-0.05, 0) is 39.3 Å². The van der Waals surface area contributed by atoms with E-state index in [9.17, 15) is 4.79 Å². The predicted octanol–water partition coefficient (Wildman–Crippen LogP) is 1.45. The fraction of sp³-hybridized carbons (Fsp3) is 0.933. The van der Waals surface area contributed by atoms with Crippen molar-refractivity contribution in [2.45, 2.75) is 45.3 Å². The van der Waals surface area contributed by atoms with Crippen molar-refractivity contribution in [3.63, 3.8) is 0 Å². The van der Waals surface area contributed by atoms with Gasteiger partial charge >= 0.3 is 0 Å². The van der Waals surface area contributed by atoms with Crippen LogP contribution in [-0.2, 0) is 14.3 Å². The molecule has 0 aromatic carbocycles. The van der Waals surface area contributed by atoms with Crippen LogP contribution in [0.4, 0.5) is 0 Å².